The third-order valence-electron chi connectivity index (χ3n) is 7.86. The molecule has 0 spiro atoms. The number of carboxylic acid groups (broad SMARTS) is 1. The largest absolute Gasteiger partial charge is 0.497 e. The van der Waals surface area contributed by atoms with Gasteiger partial charge in [0.15, 0.2) is 9.84 Å². The maximum absolute atomic E-state index is 14.1. The Kier molecular flexibility index (Phi) is 5.75. The summed E-state index contributed by atoms with van der Waals surface area (Å²) in [5.41, 5.74) is -0.249. The van der Waals surface area contributed by atoms with Gasteiger partial charge in [-0.25, -0.2) is 13.2 Å². The Balaban J connectivity index is 1.78. The van der Waals surface area contributed by atoms with Crippen LogP contribution in [0.25, 0.3) is 11.1 Å². The first-order valence-electron chi connectivity index (χ1n) is 12.1. The van der Waals surface area contributed by atoms with Crippen molar-refractivity contribution < 1.29 is 36.2 Å². The molecular weight excluding hydrogens is 509 g/mol. The molecule has 7 nitrogen and oxygen atoms in total. The second-order valence-corrected chi connectivity index (χ2v) is 13.1. The zero-order chi connectivity index (χ0) is 27.1. The second kappa shape index (κ2) is 8.28. The van der Waals surface area contributed by atoms with E-state index in [0.717, 1.165) is 6.07 Å². The Labute approximate surface area is 213 Å². The fraction of sp³-hybridized carbons (Fsp3) is 0.500. The lowest BCUT2D eigenvalue weighted by molar-refractivity contribution is -0.137. The minimum atomic E-state index is -4.70. The Morgan fingerprint density at radius 1 is 1.14 bits per heavy atom. The summed E-state index contributed by atoms with van der Waals surface area (Å²) >= 11 is 0. The summed E-state index contributed by atoms with van der Waals surface area (Å²) in [5, 5.41) is 9.65. The number of likely N-dealkylation sites (tertiary alicyclic amines) is 1. The zero-order valence-electron chi connectivity index (χ0n) is 21.0. The quantitative estimate of drug-likeness (QED) is 0.563. The molecule has 1 amide bonds. The molecule has 3 heterocycles. The number of ether oxygens (including phenoxy) is 1. The van der Waals surface area contributed by atoms with Gasteiger partial charge < -0.3 is 19.6 Å². The maximum atomic E-state index is 14.1. The molecule has 1 unspecified atom stereocenters. The van der Waals surface area contributed by atoms with Crippen LogP contribution in [0, 0.1) is 5.41 Å². The molecule has 3 aliphatic heterocycles. The summed E-state index contributed by atoms with van der Waals surface area (Å²) in [6.45, 7) is 6.37. The van der Waals surface area contributed by atoms with E-state index in [-0.39, 0.29) is 52.1 Å². The first-order valence-corrected chi connectivity index (χ1v) is 13.7. The fourth-order valence-electron chi connectivity index (χ4n) is 6.07. The van der Waals surface area contributed by atoms with Crippen LogP contribution in [0.1, 0.15) is 44.2 Å². The zero-order valence-corrected chi connectivity index (χ0v) is 21.8. The first-order chi connectivity index (χ1) is 17.1. The monoisotopic (exact) mass is 538 g/mol. The highest BCUT2D eigenvalue weighted by atomic mass is 32.2. The SMILES string of the molecule is COc1ccc(-c2cc3c4c(c2)S(=O)(=O)CC(C(C)(C)C)N4[C@H]2CCN(C(=O)O)C[C@@H]32)c(C(F)(F)F)c1. The van der Waals surface area contributed by atoms with E-state index in [1.165, 1.54) is 30.2 Å². The van der Waals surface area contributed by atoms with Crippen LogP contribution >= 0.6 is 0 Å². The summed E-state index contributed by atoms with van der Waals surface area (Å²) in [7, 11) is -2.56. The van der Waals surface area contributed by atoms with Crippen molar-refractivity contribution in [2.24, 2.45) is 5.41 Å². The molecule has 2 aromatic rings. The molecular formula is C26H29F3N2O5S. The van der Waals surface area contributed by atoms with E-state index >= 15 is 0 Å². The number of hydrogen-bond acceptors (Lipinski definition) is 5. The molecule has 37 heavy (non-hydrogen) atoms. The van der Waals surface area contributed by atoms with Gasteiger partial charge in [0, 0.05) is 31.1 Å². The van der Waals surface area contributed by atoms with Crippen LogP contribution in [0.3, 0.4) is 0 Å². The number of carbonyl (C=O) groups is 1. The van der Waals surface area contributed by atoms with Crippen molar-refractivity contribution in [1.29, 1.82) is 0 Å². The number of sulfone groups is 1. The highest BCUT2D eigenvalue weighted by Crippen LogP contribution is 2.55. The number of amides is 1. The number of methoxy groups -OCH3 is 1. The maximum Gasteiger partial charge on any atom is 0.417 e. The van der Waals surface area contributed by atoms with Crippen molar-refractivity contribution in [3.05, 3.63) is 41.5 Å². The van der Waals surface area contributed by atoms with Crippen molar-refractivity contribution in [2.75, 3.05) is 30.9 Å². The van der Waals surface area contributed by atoms with Crippen molar-refractivity contribution in [3.63, 3.8) is 0 Å². The molecule has 0 aliphatic carbocycles. The van der Waals surface area contributed by atoms with E-state index < -0.39 is 33.1 Å². The Morgan fingerprint density at radius 2 is 1.84 bits per heavy atom. The molecule has 0 aromatic heterocycles. The van der Waals surface area contributed by atoms with Crippen molar-refractivity contribution in [3.8, 4) is 16.9 Å². The molecule has 5 rings (SSSR count). The standard InChI is InChI=1S/C26H29F3N2O5S/c1-25(2,3)22-13-37(34,35)21-10-14(16-6-5-15(36-4)11-19(16)26(27,28)29)9-17-18-12-30(24(32)33)8-7-20(18)31(22)23(17)21/h5-6,9-11,18,20,22H,7-8,12-13H2,1-4H3,(H,32,33)/t18-,20-,22?/m0/s1. The van der Waals surface area contributed by atoms with Gasteiger partial charge in [-0.3, -0.25) is 0 Å². The van der Waals surface area contributed by atoms with Gasteiger partial charge in [-0.15, -0.1) is 0 Å². The van der Waals surface area contributed by atoms with Crippen molar-refractivity contribution in [1.82, 2.24) is 4.90 Å². The number of piperidine rings is 1. The number of alkyl halides is 3. The van der Waals surface area contributed by atoms with Crippen LogP contribution in [0.2, 0.25) is 0 Å². The average molecular weight is 539 g/mol. The summed E-state index contributed by atoms with van der Waals surface area (Å²) in [5.74, 6) is -0.480. The van der Waals surface area contributed by atoms with Gasteiger partial charge in [0.2, 0.25) is 0 Å². The number of nitrogens with zero attached hydrogens (tertiary/aromatic N) is 2. The Morgan fingerprint density at radius 3 is 2.43 bits per heavy atom. The van der Waals surface area contributed by atoms with Gasteiger partial charge in [-0.2, -0.15) is 13.2 Å². The highest BCUT2D eigenvalue weighted by Gasteiger charge is 2.53. The van der Waals surface area contributed by atoms with Gasteiger partial charge in [0.1, 0.15) is 5.75 Å². The number of hydrogen-bond donors (Lipinski definition) is 1. The van der Waals surface area contributed by atoms with Crippen LogP contribution in [-0.2, 0) is 16.0 Å². The van der Waals surface area contributed by atoms with E-state index in [1.54, 1.807) is 6.07 Å². The predicted molar refractivity (Wildman–Crippen MR) is 132 cm³/mol. The normalized spacial score (nSPS) is 24.5. The van der Waals surface area contributed by atoms with Gasteiger partial charge in [0.25, 0.3) is 0 Å². The molecule has 200 valence electrons. The molecule has 1 saturated heterocycles. The van der Waals surface area contributed by atoms with Crippen LogP contribution in [0.4, 0.5) is 23.7 Å². The summed E-state index contributed by atoms with van der Waals surface area (Å²) in [6, 6.07) is 6.08. The lowest BCUT2D eigenvalue weighted by Crippen LogP contribution is -2.57. The summed E-state index contributed by atoms with van der Waals surface area (Å²) < 4.78 is 74.5. The van der Waals surface area contributed by atoms with E-state index in [2.05, 4.69) is 4.90 Å². The Hall–Kier alpha value is -2.95. The van der Waals surface area contributed by atoms with Crippen LogP contribution in [0.5, 0.6) is 5.75 Å². The number of anilines is 1. The van der Waals surface area contributed by atoms with E-state index in [9.17, 15) is 31.5 Å². The minimum Gasteiger partial charge on any atom is -0.497 e. The van der Waals surface area contributed by atoms with Gasteiger partial charge in [-0.1, -0.05) is 26.8 Å². The summed E-state index contributed by atoms with van der Waals surface area (Å²) in [4.78, 5) is 15.2. The summed E-state index contributed by atoms with van der Waals surface area (Å²) in [6.07, 6.45) is -5.27. The van der Waals surface area contributed by atoms with Crippen LogP contribution in [0.15, 0.2) is 35.2 Å². The smallest absolute Gasteiger partial charge is 0.417 e. The van der Waals surface area contributed by atoms with Gasteiger partial charge in [0.05, 0.1) is 29.0 Å². The predicted octanol–water partition coefficient (Wildman–Crippen LogP) is 5.24. The lowest BCUT2D eigenvalue weighted by atomic mass is 9.84. The Bertz CT molecular complexity index is 1380. The topological polar surface area (TPSA) is 87.2 Å². The highest BCUT2D eigenvalue weighted by molar-refractivity contribution is 7.91. The number of benzene rings is 2. The average Bonchev–Trinajstić information content (AvgIpc) is 3.13. The first kappa shape index (κ1) is 25.7. The molecule has 2 aromatic carbocycles. The third kappa shape index (κ3) is 4.11. The minimum absolute atomic E-state index is 0.0146. The van der Waals surface area contributed by atoms with Crippen LogP contribution in [-0.4, -0.2) is 62.6 Å². The molecule has 3 aliphatic rings. The lowest BCUT2D eigenvalue weighted by Gasteiger charge is -2.48. The van der Waals surface area contributed by atoms with Crippen LogP contribution < -0.4 is 9.64 Å². The molecule has 0 saturated carbocycles. The molecule has 11 heteroatoms. The van der Waals surface area contributed by atoms with E-state index in [1.807, 2.05) is 20.8 Å². The second-order valence-electron chi connectivity index (χ2n) is 11.1. The number of rotatable bonds is 2. The number of halogens is 3. The molecule has 1 N–H and O–H groups in total. The molecule has 3 atom stereocenters. The van der Waals surface area contributed by atoms with Crippen molar-refractivity contribution in [2.45, 2.75) is 56.3 Å². The van der Waals surface area contributed by atoms with Gasteiger partial charge >= 0.3 is 12.3 Å². The number of fused-ring (bicyclic) bond motifs is 3. The molecule has 1 fully saturated rings. The van der Waals surface area contributed by atoms with Gasteiger partial charge in [-0.05, 0) is 52.8 Å². The van der Waals surface area contributed by atoms with E-state index in [0.29, 0.717) is 24.2 Å². The molecule has 0 bridgehead atoms. The van der Waals surface area contributed by atoms with E-state index in [4.69, 9.17) is 4.74 Å². The molecule has 0 radical (unpaired) electrons. The third-order valence-corrected chi connectivity index (χ3v) is 9.59. The van der Waals surface area contributed by atoms with Crippen molar-refractivity contribution >= 4 is 21.6 Å². The fourth-order valence-corrected chi connectivity index (χ4v) is 8.15.